The Morgan fingerprint density at radius 1 is 1.29 bits per heavy atom. The first kappa shape index (κ1) is 15.9. The van der Waals surface area contributed by atoms with E-state index in [4.69, 9.17) is 5.73 Å². The largest absolute Gasteiger partial charge is 0.380 e. The molecule has 2 rings (SSSR count). The van der Waals surface area contributed by atoms with Gasteiger partial charge in [0, 0.05) is 21.6 Å². The zero-order chi connectivity index (χ0) is 15.2. The van der Waals surface area contributed by atoms with E-state index in [-0.39, 0.29) is 11.7 Å². The van der Waals surface area contributed by atoms with Gasteiger partial charge >= 0.3 is 0 Å². The maximum atomic E-state index is 10.9. The van der Waals surface area contributed by atoms with E-state index >= 15 is 0 Å². The molecule has 5 heteroatoms. The molecule has 0 saturated carbocycles. The average molecular weight is 365 g/mol. The smallest absolute Gasteiger partial charge is 0.227 e. The first-order valence-corrected chi connectivity index (χ1v) is 8.33. The van der Waals surface area contributed by atoms with Crippen LogP contribution in [0.2, 0.25) is 0 Å². The molecule has 0 radical (unpaired) electrons. The Balaban J connectivity index is 2.05. The van der Waals surface area contributed by atoms with Crippen LogP contribution in [0.5, 0.6) is 0 Å². The Morgan fingerprint density at radius 2 is 2.05 bits per heavy atom. The van der Waals surface area contributed by atoms with Crippen molar-refractivity contribution < 1.29 is 4.79 Å². The van der Waals surface area contributed by atoms with Gasteiger partial charge in [-0.05, 0) is 36.2 Å². The van der Waals surface area contributed by atoms with Gasteiger partial charge in [0.1, 0.15) is 0 Å². The Bertz CT molecular complexity index is 646. The molecular weight excluding hydrogens is 348 g/mol. The van der Waals surface area contributed by atoms with Crippen LogP contribution in [0, 0.1) is 6.92 Å². The van der Waals surface area contributed by atoms with Gasteiger partial charge < -0.3 is 11.1 Å². The summed E-state index contributed by atoms with van der Waals surface area (Å²) in [6.45, 7) is 2.80. The number of carbonyl (C=O) groups excluding carboxylic acids is 1. The number of aryl methyl sites for hydroxylation is 1. The fourth-order valence-electron chi connectivity index (χ4n) is 1.83. The van der Waals surface area contributed by atoms with E-state index in [1.807, 2.05) is 24.3 Å². The molecule has 3 N–H and O–H groups in total. The normalized spacial score (nSPS) is 10.4. The van der Waals surface area contributed by atoms with Crippen LogP contribution in [0.3, 0.4) is 0 Å². The monoisotopic (exact) mass is 364 g/mol. The van der Waals surface area contributed by atoms with Gasteiger partial charge in [0.15, 0.2) is 0 Å². The molecule has 1 amide bonds. The molecule has 0 atom stereocenters. The van der Waals surface area contributed by atoms with Gasteiger partial charge in [-0.1, -0.05) is 40.2 Å². The summed E-state index contributed by atoms with van der Waals surface area (Å²) in [7, 11) is 0. The summed E-state index contributed by atoms with van der Waals surface area (Å²) < 4.78 is 1.11. The topological polar surface area (TPSA) is 55.1 Å². The standard InChI is InChI=1S/C16H17BrN2OS/c1-11-6-7-12(8-13(11)17)9-19-14-4-2-3-5-15(14)21-10-16(18)20/h2-8,19H,9-10H2,1H3,(H2,18,20). The lowest BCUT2D eigenvalue weighted by atomic mass is 10.1. The fraction of sp³-hybridized carbons (Fsp3) is 0.188. The van der Waals surface area contributed by atoms with Crippen molar-refractivity contribution in [1.29, 1.82) is 0 Å². The van der Waals surface area contributed by atoms with Crippen LogP contribution in [0.1, 0.15) is 11.1 Å². The van der Waals surface area contributed by atoms with Crippen molar-refractivity contribution >= 4 is 39.3 Å². The maximum absolute atomic E-state index is 10.9. The number of carbonyl (C=O) groups is 1. The van der Waals surface area contributed by atoms with E-state index in [1.54, 1.807) is 0 Å². The molecule has 110 valence electrons. The van der Waals surface area contributed by atoms with Crippen LogP contribution in [-0.2, 0) is 11.3 Å². The van der Waals surface area contributed by atoms with Crippen molar-refractivity contribution in [2.75, 3.05) is 11.1 Å². The van der Waals surface area contributed by atoms with Gasteiger partial charge in [0.05, 0.1) is 5.75 Å². The lowest BCUT2D eigenvalue weighted by Crippen LogP contribution is -2.13. The number of nitrogens with two attached hydrogens (primary N) is 1. The minimum absolute atomic E-state index is 0.286. The van der Waals surface area contributed by atoms with E-state index in [9.17, 15) is 4.79 Å². The summed E-state index contributed by atoms with van der Waals surface area (Å²) in [6, 6.07) is 14.2. The summed E-state index contributed by atoms with van der Waals surface area (Å²) in [4.78, 5) is 11.9. The Labute approximate surface area is 137 Å². The number of amides is 1. The van der Waals surface area contributed by atoms with E-state index in [0.717, 1.165) is 21.6 Å². The third-order valence-electron chi connectivity index (χ3n) is 2.98. The quantitative estimate of drug-likeness (QED) is 0.763. The second-order valence-corrected chi connectivity index (χ2v) is 6.56. The van der Waals surface area contributed by atoms with Crippen molar-refractivity contribution in [2.45, 2.75) is 18.4 Å². The molecule has 0 bridgehead atoms. The Kier molecular flexibility index (Phi) is 5.70. The highest BCUT2D eigenvalue weighted by Crippen LogP contribution is 2.27. The molecule has 0 aliphatic heterocycles. The van der Waals surface area contributed by atoms with Crippen LogP contribution in [0.15, 0.2) is 51.8 Å². The predicted octanol–water partition coefficient (Wildman–Crippen LogP) is 3.95. The minimum Gasteiger partial charge on any atom is -0.380 e. The highest BCUT2D eigenvalue weighted by Gasteiger charge is 2.05. The number of hydrogen-bond acceptors (Lipinski definition) is 3. The predicted molar refractivity (Wildman–Crippen MR) is 92.6 cm³/mol. The minimum atomic E-state index is -0.308. The van der Waals surface area contributed by atoms with E-state index < -0.39 is 0 Å². The third kappa shape index (κ3) is 4.79. The first-order valence-electron chi connectivity index (χ1n) is 6.55. The second kappa shape index (κ2) is 7.52. The summed E-state index contributed by atoms with van der Waals surface area (Å²) in [5.74, 6) is -0.0216. The number of anilines is 1. The van der Waals surface area contributed by atoms with Gasteiger partial charge in [0.25, 0.3) is 0 Å². The number of rotatable bonds is 6. The average Bonchev–Trinajstić information content (AvgIpc) is 2.47. The molecule has 0 spiro atoms. The van der Waals surface area contributed by atoms with Crippen molar-refractivity contribution in [1.82, 2.24) is 0 Å². The lowest BCUT2D eigenvalue weighted by molar-refractivity contribution is -0.115. The fourth-order valence-corrected chi connectivity index (χ4v) is 3.03. The maximum Gasteiger partial charge on any atom is 0.227 e. The molecule has 0 aliphatic rings. The first-order chi connectivity index (χ1) is 10.1. The molecule has 0 aliphatic carbocycles. The van der Waals surface area contributed by atoms with Crippen LogP contribution in [0.4, 0.5) is 5.69 Å². The number of halogens is 1. The van der Waals surface area contributed by atoms with Crippen LogP contribution >= 0.6 is 27.7 Å². The van der Waals surface area contributed by atoms with Crippen LogP contribution in [0.25, 0.3) is 0 Å². The SMILES string of the molecule is Cc1ccc(CNc2ccccc2SCC(N)=O)cc1Br. The van der Waals surface area contributed by atoms with Crippen LogP contribution in [-0.4, -0.2) is 11.7 Å². The zero-order valence-electron chi connectivity index (χ0n) is 11.7. The summed E-state index contributed by atoms with van der Waals surface area (Å²) in [5, 5.41) is 3.41. The summed E-state index contributed by atoms with van der Waals surface area (Å²) in [5.41, 5.74) is 8.63. The molecule has 0 saturated heterocycles. The third-order valence-corrected chi connectivity index (χ3v) is 4.93. The lowest BCUT2D eigenvalue weighted by Gasteiger charge is -2.12. The van der Waals surface area contributed by atoms with Gasteiger partial charge in [0.2, 0.25) is 5.91 Å². The number of primary amides is 1. The molecule has 21 heavy (non-hydrogen) atoms. The molecule has 0 fully saturated rings. The molecule has 3 nitrogen and oxygen atoms in total. The van der Waals surface area contributed by atoms with E-state index in [0.29, 0.717) is 0 Å². The Morgan fingerprint density at radius 3 is 2.76 bits per heavy atom. The molecule has 2 aromatic rings. The van der Waals surface area contributed by atoms with Crippen molar-refractivity contribution in [3.63, 3.8) is 0 Å². The second-order valence-electron chi connectivity index (χ2n) is 4.69. The van der Waals surface area contributed by atoms with Gasteiger partial charge in [-0.2, -0.15) is 0 Å². The molecule has 0 heterocycles. The number of hydrogen-bond donors (Lipinski definition) is 2. The van der Waals surface area contributed by atoms with E-state index in [1.165, 1.54) is 22.9 Å². The van der Waals surface area contributed by atoms with Crippen molar-refractivity contribution in [3.8, 4) is 0 Å². The molecule has 2 aromatic carbocycles. The van der Waals surface area contributed by atoms with Crippen molar-refractivity contribution in [2.24, 2.45) is 5.73 Å². The molecular formula is C16H17BrN2OS. The summed E-state index contributed by atoms with van der Waals surface area (Å²) in [6.07, 6.45) is 0. The van der Waals surface area contributed by atoms with Gasteiger partial charge in [-0.25, -0.2) is 0 Å². The number of benzene rings is 2. The number of para-hydroxylation sites is 1. The Hall–Kier alpha value is -1.46. The number of thioether (sulfide) groups is 1. The van der Waals surface area contributed by atoms with Crippen LogP contribution < -0.4 is 11.1 Å². The van der Waals surface area contributed by atoms with Gasteiger partial charge in [-0.3, -0.25) is 4.79 Å². The zero-order valence-corrected chi connectivity index (χ0v) is 14.1. The molecule has 0 unspecified atom stereocenters. The van der Waals surface area contributed by atoms with E-state index in [2.05, 4.69) is 46.4 Å². The highest BCUT2D eigenvalue weighted by molar-refractivity contribution is 9.10. The summed E-state index contributed by atoms with van der Waals surface area (Å²) >= 11 is 4.99. The molecule has 0 aromatic heterocycles. The highest BCUT2D eigenvalue weighted by atomic mass is 79.9. The number of nitrogens with one attached hydrogen (secondary N) is 1. The van der Waals surface area contributed by atoms with Crippen molar-refractivity contribution in [3.05, 3.63) is 58.1 Å². The van der Waals surface area contributed by atoms with Gasteiger partial charge in [-0.15, -0.1) is 11.8 Å².